The molecule has 0 bridgehead atoms. The van der Waals surface area contributed by atoms with Gasteiger partial charge < -0.3 is 14.1 Å². The summed E-state index contributed by atoms with van der Waals surface area (Å²) < 4.78 is 38.5. The number of benzene rings is 2. The van der Waals surface area contributed by atoms with E-state index >= 15 is 0 Å². The Hall–Kier alpha value is -3.69. The number of aryl methyl sites for hydroxylation is 1. The maximum Gasteiger partial charge on any atom is 0.337 e. The van der Waals surface area contributed by atoms with Crippen LogP contribution in [0.25, 0.3) is 10.9 Å². The third-order valence-electron chi connectivity index (χ3n) is 5.55. The Labute approximate surface area is 196 Å². The van der Waals surface area contributed by atoms with Gasteiger partial charge in [0, 0.05) is 17.6 Å². The topological polar surface area (TPSA) is 110 Å². The minimum atomic E-state index is -4.11. The molecule has 0 saturated heterocycles. The summed E-state index contributed by atoms with van der Waals surface area (Å²) in [5.41, 5.74) is 1.80. The minimum absolute atomic E-state index is 0.0903. The normalized spacial score (nSPS) is 11.7. The Morgan fingerprint density at radius 1 is 1.06 bits per heavy atom. The molecular weight excluding hydrogens is 456 g/mol. The van der Waals surface area contributed by atoms with Crippen molar-refractivity contribution in [3.05, 3.63) is 99.7 Å². The number of hydrogen-bond acceptors (Lipinski definition) is 6. The molecule has 176 valence electrons. The summed E-state index contributed by atoms with van der Waals surface area (Å²) >= 11 is 0. The first-order chi connectivity index (χ1) is 16.3. The van der Waals surface area contributed by atoms with Crippen LogP contribution in [-0.2, 0) is 34.3 Å². The Kier molecular flexibility index (Phi) is 6.67. The molecule has 9 heteroatoms. The molecule has 2 heterocycles. The number of H-pyrrole nitrogens is 1. The molecule has 0 amide bonds. The molecule has 8 nitrogen and oxygen atoms in total. The molecule has 0 radical (unpaired) electrons. The fraction of sp³-hybridized carbons (Fsp3) is 0.200. The van der Waals surface area contributed by atoms with E-state index < -0.39 is 16.0 Å². The van der Waals surface area contributed by atoms with Crippen molar-refractivity contribution in [1.82, 2.24) is 9.29 Å². The molecule has 2 aromatic heterocycles. The van der Waals surface area contributed by atoms with E-state index in [1.807, 2.05) is 25.1 Å². The molecular formula is C25H24N2O6S. The molecule has 1 N–H and O–H groups in total. The number of fused-ring (bicyclic) bond motifs is 1. The van der Waals surface area contributed by atoms with Crippen molar-refractivity contribution in [3.63, 3.8) is 0 Å². The van der Waals surface area contributed by atoms with Gasteiger partial charge in [-0.1, -0.05) is 19.1 Å². The lowest BCUT2D eigenvalue weighted by Gasteiger charge is -2.21. The van der Waals surface area contributed by atoms with Crippen LogP contribution in [0.5, 0.6) is 0 Å². The van der Waals surface area contributed by atoms with Gasteiger partial charge in [-0.3, -0.25) is 4.79 Å². The van der Waals surface area contributed by atoms with Crippen molar-refractivity contribution in [2.45, 2.75) is 31.3 Å². The van der Waals surface area contributed by atoms with Gasteiger partial charge >= 0.3 is 5.97 Å². The highest BCUT2D eigenvalue weighted by Crippen LogP contribution is 2.23. The summed E-state index contributed by atoms with van der Waals surface area (Å²) in [5, 5.41) is 0.817. The Bertz CT molecular complexity index is 1490. The summed E-state index contributed by atoms with van der Waals surface area (Å²) in [4.78, 5) is 27.5. The minimum Gasteiger partial charge on any atom is -0.468 e. The smallest absolute Gasteiger partial charge is 0.337 e. The van der Waals surface area contributed by atoms with Crippen LogP contribution in [0.2, 0.25) is 0 Å². The Morgan fingerprint density at radius 2 is 1.88 bits per heavy atom. The van der Waals surface area contributed by atoms with Crippen molar-refractivity contribution < 1.29 is 22.4 Å². The summed E-state index contributed by atoms with van der Waals surface area (Å²) in [6.45, 7) is 1.76. The number of aromatic nitrogens is 1. The fourth-order valence-electron chi connectivity index (χ4n) is 3.68. The number of nitrogens with zero attached hydrogens (tertiary/aromatic N) is 1. The molecule has 2 aromatic carbocycles. The van der Waals surface area contributed by atoms with E-state index in [0.29, 0.717) is 16.8 Å². The molecule has 0 unspecified atom stereocenters. The van der Waals surface area contributed by atoms with Gasteiger partial charge in [-0.2, -0.15) is 4.31 Å². The summed E-state index contributed by atoms with van der Waals surface area (Å²) in [6.07, 6.45) is 2.28. The number of carbonyl (C=O) groups is 1. The number of ether oxygens (including phenoxy) is 1. The maximum absolute atomic E-state index is 13.6. The van der Waals surface area contributed by atoms with Crippen LogP contribution in [0.15, 0.2) is 81.0 Å². The molecule has 34 heavy (non-hydrogen) atoms. The second-order valence-electron chi connectivity index (χ2n) is 7.77. The first kappa shape index (κ1) is 23.5. The van der Waals surface area contributed by atoms with Crippen molar-refractivity contribution in [2.24, 2.45) is 0 Å². The summed E-state index contributed by atoms with van der Waals surface area (Å²) in [6, 6.07) is 16.4. The first-order valence-electron chi connectivity index (χ1n) is 10.7. The number of sulfonamides is 1. The van der Waals surface area contributed by atoms with Gasteiger partial charge in [0.15, 0.2) is 0 Å². The number of esters is 1. The monoisotopic (exact) mass is 480 g/mol. The van der Waals surface area contributed by atoms with Crippen molar-refractivity contribution >= 4 is 26.9 Å². The lowest BCUT2D eigenvalue weighted by atomic mass is 10.1. The first-order valence-corrected chi connectivity index (χ1v) is 12.1. The fourth-order valence-corrected chi connectivity index (χ4v) is 5.11. The lowest BCUT2D eigenvalue weighted by Crippen LogP contribution is -2.32. The average Bonchev–Trinajstić information content (AvgIpc) is 3.36. The molecule has 4 aromatic rings. The third kappa shape index (κ3) is 4.80. The van der Waals surface area contributed by atoms with Gasteiger partial charge in [-0.05, 0) is 65.9 Å². The molecule has 0 aliphatic rings. The maximum atomic E-state index is 13.6. The molecule has 0 fully saturated rings. The number of methoxy groups -OCH3 is 1. The summed E-state index contributed by atoms with van der Waals surface area (Å²) in [5.74, 6) is -0.231. The van der Waals surface area contributed by atoms with Gasteiger partial charge in [0.05, 0.1) is 30.4 Å². The lowest BCUT2D eigenvalue weighted by molar-refractivity contribution is 0.0600. The SMILES string of the molecule is CCc1ccc2[nH]c(=O)c(CN(Cc3ccco3)S(=O)(=O)c3cccc(C(=O)OC)c3)cc2c1. The van der Waals surface area contributed by atoms with Gasteiger partial charge in [-0.15, -0.1) is 0 Å². The Balaban J connectivity index is 1.77. The molecule has 0 saturated carbocycles. The highest BCUT2D eigenvalue weighted by Gasteiger charge is 2.27. The van der Waals surface area contributed by atoms with E-state index in [0.717, 1.165) is 21.7 Å². The largest absolute Gasteiger partial charge is 0.468 e. The van der Waals surface area contributed by atoms with Crippen LogP contribution in [0.1, 0.15) is 34.2 Å². The van der Waals surface area contributed by atoms with E-state index in [4.69, 9.17) is 9.15 Å². The molecule has 0 aliphatic carbocycles. The Morgan fingerprint density at radius 3 is 2.59 bits per heavy atom. The van der Waals surface area contributed by atoms with Crippen LogP contribution >= 0.6 is 0 Å². The van der Waals surface area contributed by atoms with E-state index in [9.17, 15) is 18.0 Å². The number of carbonyl (C=O) groups excluding carboxylic acids is 1. The number of furan rings is 1. The zero-order valence-corrected chi connectivity index (χ0v) is 19.6. The van der Waals surface area contributed by atoms with Crippen LogP contribution < -0.4 is 5.56 Å². The molecule has 0 aliphatic heterocycles. The zero-order valence-electron chi connectivity index (χ0n) is 18.8. The molecule has 4 rings (SSSR count). The number of nitrogens with one attached hydrogen (secondary N) is 1. The van der Waals surface area contributed by atoms with Gasteiger partial charge in [0.25, 0.3) is 5.56 Å². The van der Waals surface area contributed by atoms with Crippen molar-refractivity contribution in [1.29, 1.82) is 0 Å². The van der Waals surface area contributed by atoms with E-state index in [2.05, 4.69) is 4.98 Å². The van der Waals surface area contributed by atoms with Crippen LogP contribution in [-0.4, -0.2) is 30.8 Å². The highest BCUT2D eigenvalue weighted by atomic mass is 32.2. The summed E-state index contributed by atoms with van der Waals surface area (Å²) in [7, 11) is -2.88. The second-order valence-corrected chi connectivity index (χ2v) is 9.71. The number of hydrogen-bond donors (Lipinski definition) is 1. The van der Waals surface area contributed by atoms with Crippen LogP contribution in [0.4, 0.5) is 0 Å². The highest BCUT2D eigenvalue weighted by molar-refractivity contribution is 7.89. The van der Waals surface area contributed by atoms with Crippen molar-refractivity contribution in [3.8, 4) is 0 Å². The quantitative estimate of drug-likeness (QED) is 0.384. The van der Waals surface area contributed by atoms with E-state index in [1.54, 1.807) is 18.2 Å². The van der Waals surface area contributed by atoms with Crippen LogP contribution in [0.3, 0.4) is 0 Å². The standard InChI is InChI=1S/C25H24N2O6S/c1-3-17-9-10-23-19(12-17)13-20(24(28)26-23)15-27(16-21-7-5-11-33-21)34(30,31)22-8-4-6-18(14-22)25(29)32-2/h4-14H,3,15-16H2,1-2H3,(H,26,28). The molecule has 0 atom stereocenters. The second kappa shape index (κ2) is 9.66. The van der Waals surface area contributed by atoms with E-state index in [1.165, 1.54) is 37.6 Å². The third-order valence-corrected chi connectivity index (χ3v) is 7.33. The van der Waals surface area contributed by atoms with E-state index in [-0.39, 0.29) is 29.1 Å². The molecule has 0 spiro atoms. The van der Waals surface area contributed by atoms with Gasteiger partial charge in [0.2, 0.25) is 10.0 Å². The van der Waals surface area contributed by atoms with Gasteiger partial charge in [0.1, 0.15) is 5.76 Å². The number of aromatic amines is 1. The van der Waals surface area contributed by atoms with Crippen LogP contribution in [0, 0.1) is 0 Å². The predicted molar refractivity (Wildman–Crippen MR) is 127 cm³/mol. The number of pyridine rings is 1. The zero-order chi connectivity index (χ0) is 24.3. The average molecular weight is 481 g/mol. The van der Waals surface area contributed by atoms with Crippen molar-refractivity contribution in [2.75, 3.05) is 7.11 Å². The predicted octanol–water partition coefficient (Wildman–Crippen LogP) is 3.86. The van der Waals surface area contributed by atoms with Gasteiger partial charge in [-0.25, -0.2) is 13.2 Å². The number of rotatable bonds is 8.